The first-order valence-electron chi connectivity index (χ1n) is 17.2. The molecule has 1 aliphatic rings. The minimum atomic E-state index is -5.51. The van der Waals surface area contributed by atoms with Gasteiger partial charge in [0, 0.05) is 22.5 Å². The summed E-state index contributed by atoms with van der Waals surface area (Å²) in [5, 5.41) is 20.0. The van der Waals surface area contributed by atoms with Crippen molar-refractivity contribution in [1.82, 2.24) is 0 Å². The van der Waals surface area contributed by atoms with Gasteiger partial charge in [-0.3, -0.25) is 4.79 Å². The number of unbranched alkanes of at least 4 members (excludes halogenated alkanes) is 8. The SMILES string of the molecule is CCOC(=O)C(CCCCCCCC[C@@H]1c2ccc(O)cc2SC[C@]1(CC)c1ccc(O)cc1)CCCCCCC(F)(F)C(F)(F)F. The molecule has 1 heterocycles. The summed E-state index contributed by atoms with van der Waals surface area (Å²) in [6.07, 6.45) is 3.79. The highest BCUT2D eigenvalue weighted by Crippen LogP contribution is 2.54. The molecule has 47 heavy (non-hydrogen) atoms. The van der Waals surface area contributed by atoms with Crippen molar-refractivity contribution in [3.05, 3.63) is 53.6 Å². The predicted molar refractivity (Wildman–Crippen MR) is 177 cm³/mol. The fourth-order valence-electron chi connectivity index (χ4n) is 6.92. The van der Waals surface area contributed by atoms with Crippen molar-refractivity contribution in [1.29, 1.82) is 0 Å². The zero-order valence-corrected chi connectivity index (χ0v) is 28.5. The van der Waals surface area contributed by atoms with Crippen molar-refractivity contribution in [2.45, 2.75) is 138 Å². The molecule has 1 aliphatic heterocycles. The summed E-state index contributed by atoms with van der Waals surface area (Å²) in [5.74, 6) is -3.46. The third-order valence-corrected chi connectivity index (χ3v) is 11.0. The van der Waals surface area contributed by atoms with E-state index < -0.39 is 18.5 Å². The number of halogens is 5. The minimum Gasteiger partial charge on any atom is -0.508 e. The van der Waals surface area contributed by atoms with Gasteiger partial charge in [-0.05, 0) is 80.3 Å². The summed E-state index contributed by atoms with van der Waals surface area (Å²) in [6, 6.07) is 13.3. The Morgan fingerprint density at radius 2 is 1.43 bits per heavy atom. The third-order valence-electron chi connectivity index (χ3n) is 9.72. The molecule has 2 aromatic carbocycles. The van der Waals surface area contributed by atoms with Crippen LogP contribution in [-0.4, -0.2) is 40.6 Å². The first-order valence-corrected chi connectivity index (χ1v) is 18.2. The highest BCUT2D eigenvalue weighted by Gasteiger charge is 2.56. The highest BCUT2D eigenvalue weighted by atomic mass is 32.2. The number of phenolic OH excluding ortho intramolecular Hbond substituents is 2. The molecule has 0 spiro atoms. The normalized spacial score (nSPS) is 18.9. The van der Waals surface area contributed by atoms with Crippen LogP contribution in [0.2, 0.25) is 0 Å². The molecule has 2 N–H and O–H groups in total. The van der Waals surface area contributed by atoms with E-state index in [0.717, 1.165) is 62.0 Å². The van der Waals surface area contributed by atoms with Crippen LogP contribution in [-0.2, 0) is 14.9 Å². The predicted octanol–water partition coefficient (Wildman–Crippen LogP) is 11.5. The zero-order valence-electron chi connectivity index (χ0n) is 27.7. The van der Waals surface area contributed by atoms with E-state index in [0.29, 0.717) is 31.6 Å². The monoisotopic (exact) mass is 686 g/mol. The molecule has 0 bridgehead atoms. The van der Waals surface area contributed by atoms with E-state index in [1.807, 2.05) is 18.2 Å². The standard InChI is InChI=1S/C37H51F5O4S/c1-3-35(28-18-20-29(43)21-19-28)26-47-33-25-30(44)22-23-31(33)32(35)17-13-8-6-5-7-11-15-27(34(45)46-4-2)16-12-9-10-14-24-36(38,39)37(40,41)42/h18-23,25,27,32,43-44H,3-17,24,26H2,1-2H3/t27?,32-,35-/m1/s1. The molecule has 0 aliphatic carbocycles. The van der Waals surface area contributed by atoms with Gasteiger partial charge in [0.2, 0.25) is 0 Å². The van der Waals surface area contributed by atoms with Gasteiger partial charge < -0.3 is 14.9 Å². The first kappa shape index (κ1) is 39.0. The minimum absolute atomic E-state index is 0.0708. The van der Waals surface area contributed by atoms with E-state index >= 15 is 0 Å². The zero-order chi connectivity index (χ0) is 34.5. The number of hydrogen-bond donors (Lipinski definition) is 2. The number of benzene rings is 2. The number of rotatable bonds is 20. The molecule has 10 heteroatoms. The van der Waals surface area contributed by atoms with E-state index in [2.05, 4.69) is 13.0 Å². The lowest BCUT2D eigenvalue weighted by molar-refractivity contribution is -0.284. The Morgan fingerprint density at radius 3 is 2.02 bits per heavy atom. The van der Waals surface area contributed by atoms with Crippen LogP contribution in [0.1, 0.15) is 127 Å². The number of alkyl halides is 5. The lowest BCUT2D eigenvalue weighted by Gasteiger charge is -2.45. The van der Waals surface area contributed by atoms with Gasteiger partial charge in [-0.2, -0.15) is 22.0 Å². The fourth-order valence-corrected chi connectivity index (χ4v) is 8.49. The molecular formula is C37H51F5O4S. The van der Waals surface area contributed by atoms with Crippen LogP contribution in [0.3, 0.4) is 0 Å². The number of carbonyl (C=O) groups excluding carboxylic acids is 1. The van der Waals surface area contributed by atoms with Crippen molar-refractivity contribution in [2.24, 2.45) is 5.92 Å². The maximum atomic E-state index is 13.1. The second kappa shape index (κ2) is 18.3. The second-order valence-corrected chi connectivity index (χ2v) is 13.9. The Balaban J connectivity index is 1.44. The van der Waals surface area contributed by atoms with Crippen molar-refractivity contribution in [2.75, 3.05) is 12.4 Å². The Kier molecular flexibility index (Phi) is 15.2. The fraction of sp³-hybridized carbons (Fsp3) is 0.649. The topological polar surface area (TPSA) is 66.8 Å². The van der Waals surface area contributed by atoms with Gasteiger partial charge in [0.05, 0.1) is 12.5 Å². The maximum Gasteiger partial charge on any atom is 0.453 e. The summed E-state index contributed by atoms with van der Waals surface area (Å²) >= 11 is 1.79. The summed E-state index contributed by atoms with van der Waals surface area (Å²) in [5.41, 5.74) is 2.44. The first-order chi connectivity index (χ1) is 22.3. The Morgan fingerprint density at radius 1 is 0.851 bits per heavy atom. The van der Waals surface area contributed by atoms with Gasteiger partial charge in [0.15, 0.2) is 0 Å². The molecule has 4 nitrogen and oxygen atoms in total. The van der Waals surface area contributed by atoms with Crippen molar-refractivity contribution in [3.63, 3.8) is 0 Å². The van der Waals surface area contributed by atoms with E-state index in [4.69, 9.17) is 4.74 Å². The van der Waals surface area contributed by atoms with Gasteiger partial charge in [-0.25, -0.2) is 0 Å². The number of hydrogen-bond acceptors (Lipinski definition) is 5. The lowest BCUT2D eigenvalue weighted by Crippen LogP contribution is -2.38. The van der Waals surface area contributed by atoms with Gasteiger partial charge in [-0.15, -0.1) is 11.8 Å². The van der Waals surface area contributed by atoms with Crippen LogP contribution in [0, 0.1) is 5.92 Å². The number of thioether (sulfide) groups is 1. The summed E-state index contributed by atoms with van der Waals surface area (Å²) in [4.78, 5) is 13.6. The molecular weight excluding hydrogens is 635 g/mol. The largest absolute Gasteiger partial charge is 0.508 e. The van der Waals surface area contributed by atoms with E-state index in [1.165, 1.54) is 11.1 Å². The van der Waals surface area contributed by atoms with E-state index in [1.54, 1.807) is 36.9 Å². The molecule has 1 unspecified atom stereocenters. The Hall–Kier alpha value is -2.49. The summed E-state index contributed by atoms with van der Waals surface area (Å²) in [7, 11) is 0. The molecule has 0 fully saturated rings. The molecule has 264 valence electrons. The highest BCUT2D eigenvalue weighted by molar-refractivity contribution is 7.99. The van der Waals surface area contributed by atoms with Crippen molar-refractivity contribution < 1.29 is 41.7 Å². The van der Waals surface area contributed by atoms with Crippen LogP contribution in [0.4, 0.5) is 22.0 Å². The molecule has 3 atom stereocenters. The quantitative estimate of drug-likeness (QED) is 0.0824. The van der Waals surface area contributed by atoms with Gasteiger partial charge >= 0.3 is 18.1 Å². The smallest absolute Gasteiger partial charge is 0.453 e. The number of fused-ring (bicyclic) bond motifs is 1. The van der Waals surface area contributed by atoms with Crippen LogP contribution in [0.5, 0.6) is 11.5 Å². The summed E-state index contributed by atoms with van der Waals surface area (Å²) < 4.78 is 68.5. The van der Waals surface area contributed by atoms with Crippen molar-refractivity contribution in [3.8, 4) is 11.5 Å². The van der Waals surface area contributed by atoms with Crippen LogP contribution < -0.4 is 0 Å². The van der Waals surface area contributed by atoms with E-state index in [9.17, 15) is 37.0 Å². The second-order valence-electron chi connectivity index (χ2n) is 12.9. The number of aromatic hydroxyl groups is 2. The van der Waals surface area contributed by atoms with E-state index in [-0.39, 0.29) is 48.2 Å². The number of carbonyl (C=O) groups is 1. The van der Waals surface area contributed by atoms with Crippen molar-refractivity contribution >= 4 is 17.7 Å². The van der Waals surface area contributed by atoms with Gasteiger partial charge in [0.25, 0.3) is 0 Å². The Labute approximate surface area is 280 Å². The van der Waals surface area contributed by atoms with Crippen LogP contribution in [0.25, 0.3) is 0 Å². The molecule has 0 amide bonds. The molecule has 3 rings (SSSR count). The molecule has 0 saturated carbocycles. The third kappa shape index (κ3) is 11.0. The number of phenols is 2. The average molecular weight is 687 g/mol. The average Bonchev–Trinajstić information content (AvgIpc) is 3.02. The van der Waals surface area contributed by atoms with Crippen LogP contribution >= 0.6 is 11.8 Å². The van der Waals surface area contributed by atoms with Crippen LogP contribution in [0.15, 0.2) is 47.4 Å². The molecule has 0 saturated heterocycles. The molecule has 0 radical (unpaired) electrons. The van der Waals surface area contributed by atoms with Gasteiger partial charge in [0.1, 0.15) is 11.5 Å². The van der Waals surface area contributed by atoms with Gasteiger partial charge in [-0.1, -0.05) is 82.9 Å². The molecule has 2 aromatic rings. The lowest BCUT2D eigenvalue weighted by atomic mass is 9.65. The Bertz CT molecular complexity index is 1240. The number of ether oxygens (including phenoxy) is 1. The summed E-state index contributed by atoms with van der Waals surface area (Å²) in [6.45, 7) is 4.26. The number of esters is 1. The maximum absolute atomic E-state index is 13.1. The molecule has 0 aromatic heterocycles.